The average Bonchev–Trinajstić information content (AvgIpc) is 3.17. The molecular weight excluding hydrogens is 366 g/mol. The number of ether oxygens (including phenoxy) is 1. The van der Waals surface area contributed by atoms with Gasteiger partial charge in [0.1, 0.15) is 0 Å². The monoisotopic (exact) mass is 391 g/mol. The third-order valence-corrected chi connectivity index (χ3v) is 6.12. The molecule has 3 unspecified atom stereocenters. The summed E-state index contributed by atoms with van der Waals surface area (Å²) in [5.74, 6) is 1.37. The number of hydrogen-bond donors (Lipinski definition) is 1. The van der Waals surface area contributed by atoms with E-state index in [9.17, 15) is 4.79 Å². The molecule has 0 spiro atoms. The normalized spacial score (nSPS) is 23.3. The van der Waals surface area contributed by atoms with Gasteiger partial charge in [-0.05, 0) is 55.5 Å². The number of nitrogens with zero attached hydrogens (tertiary/aromatic N) is 4. The third kappa shape index (κ3) is 3.41. The second-order valence-electron chi connectivity index (χ2n) is 8.02. The van der Waals surface area contributed by atoms with Crippen LogP contribution in [0.15, 0.2) is 42.7 Å². The number of aromatic nitrogens is 3. The third-order valence-electron chi connectivity index (χ3n) is 6.12. The lowest BCUT2D eigenvalue weighted by molar-refractivity contribution is -0.121. The predicted molar refractivity (Wildman–Crippen MR) is 111 cm³/mol. The van der Waals surface area contributed by atoms with Crippen LogP contribution in [-0.4, -0.2) is 57.8 Å². The van der Waals surface area contributed by atoms with Crippen LogP contribution >= 0.6 is 0 Å². The second kappa shape index (κ2) is 7.24. The lowest BCUT2D eigenvalue weighted by Gasteiger charge is -2.26. The SMILES string of the molecule is COCCN1C(C(=O)Nc2ccc(C)c(-c3ncc4cccn4n3)c2)CC2CC21. The summed E-state index contributed by atoms with van der Waals surface area (Å²) in [6, 6.07) is 10.3. The molecule has 1 aliphatic carbocycles. The number of likely N-dealkylation sites (tertiary alicyclic amines) is 1. The number of fused-ring (bicyclic) bond motifs is 2. The summed E-state index contributed by atoms with van der Waals surface area (Å²) >= 11 is 0. The van der Waals surface area contributed by atoms with Gasteiger partial charge in [-0.25, -0.2) is 9.50 Å². The summed E-state index contributed by atoms with van der Waals surface area (Å²) in [6.45, 7) is 3.49. The van der Waals surface area contributed by atoms with Crippen molar-refractivity contribution in [3.8, 4) is 11.4 Å². The number of aryl methyl sites for hydroxylation is 1. The Morgan fingerprint density at radius 3 is 3.07 bits per heavy atom. The van der Waals surface area contributed by atoms with E-state index >= 15 is 0 Å². The minimum atomic E-state index is -0.0777. The molecule has 1 N–H and O–H groups in total. The smallest absolute Gasteiger partial charge is 0.241 e. The van der Waals surface area contributed by atoms with Crippen LogP contribution < -0.4 is 5.32 Å². The molecular formula is C22H25N5O2. The minimum absolute atomic E-state index is 0.0601. The highest BCUT2D eigenvalue weighted by Gasteiger charge is 2.53. The van der Waals surface area contributed by atoms with Crippen molar-refractivity contribution < 1.29 is 9.53 Å². The van der Waals surface area contributed by atoms with Crippen LogP contribution in [0.2, 0.25) is 0 Å². The molecule has 1 saturated carbocycles. The Morgan fingerprint density at radius 1 is 1.31 bits per heavy atom. The maximum absolute atomic E-state index is 13.0. The maximum atomic E-state index is 13.0. The van der Waals surface area contributed by atoms with E-state index in [2.05, 4.69) is 20.3 Å². The van der Waals surface area contributed by atoms with Crippen LogP contribution in [0.4, 0.5) is 5.69 Å². The molecule has 2 aromatic heterocycles. The zero-order valence-corrected chi connectivity index (χ0v) is 16.7. The first-order valence-corrected chi connectivity index (χ1v) is 10.1. The van der Waals surface area contributed by atoms with Gasteiger partial charge in [-0.3, -0.25) is 9.69 Å². The molecule has 2 fully saturated rings. The number of rotatable bonds is 6. The largest absolute Gasteiger partial charge is 0.383 e. The minimum Gasteiger partial charge on any atom is -0.383 e. The van der Waals surface area contributed by atoms with Crippen LogP contribution in [0, 0.1) is 12.8 Å². The number of carbonyl (C=O) groups excluding carboxylic acids is 1. The first-order chi connectivity index (χ1) is 14.1. The van der Waals surface area contributed by atoms with Gasteiger partial charge in [-0.15, -0.1) is 5.10 Å². The molecule has 7 nitrogen and oxygen atoms in total. The fraction of sp³-hybridized carbons (Fsp3) is 0.409. The van der Waals surface area contributed by atoms with Crippen molar-refractivity contribution in [1.29, 1.82) is 0 Å². The molecule has 1 amide bonds. The Morgan fingerprint density at radius 2 is 2.21 bits per heavy atom. The van der Waals surface area contributed by atoms with Crippen molar-refractivity contribution in [1.82, 2.24) is 19.5 Å². The summed E-state index contributed by atoms with van der Waals surface area (Å²) in [5, 5.41) is 7.71. The molecule has 3 heterocycles. The van der Waals surface area contributed by atoms with Crippen molar-refractivity contribution in [2.75, 3.05) is 25.6 Å². The number of benzene rings is 1. The number of amides is 1. The summed E-state index contributed by atoms with van der Waals surface area (Å²) in [7, 11) is 1.70. The average molecular weight is 391 g/mol. The Balaban J connectivity index is 1.36. The van der Waals surface area contributed by atoms with Gasteiger partial charge >= 0.3 is 0 Å². The first-order valence-electron chi connectivity index (χ1n) is 10.1. The first kappa shape index (κ1) is 18.3. The van der Waals surface area contributed by atoms with E-state index in [1.165, 1.54) is 6.42 Å². The highest BCUT2D eigenvalue weighted by molar-refractivity contribution is 5.95. The Bertz CT molecular complexity index is 1060. The second-order valence-corrected chi connectivity index (χ2v) is 8.02. The molecule has 3 aromatic rings. The molecule has 7 heteroatoms. The Kier molecular flexibility index (Phi) is 4.56. The highest BCUT2D eigenvalue weighted by atomic mass is 16.5. The number of nitrogens with one attached hydrogen (secondary N) is 1. The topological polar surface area (TPSA) is 71.8 Å². The number of anilines is 1. The van der Waals surface area contributed by atoms with Crippen LogP contribution in [0.25, 0.3) is 16.9 Å². The van der Waals surface area contributed by atoms with Gasteiger partial charge in [0.2, 0.25) is 5.91 Å². The van der Waals surface area contributed by atoms with E-state index in [1.54, 1.807) is 7.11 Å². The van der Waals surface area contributed by atoms with Crippen LogP contribution in [0.5, 0.6) is 0 Å². The highest BCUT2D eigenvalue weighted by Crippen LogP contribution is 2.47. The predicted octanol–water partition coefficient (Wildman–Crippen LogP) is 2.75. The van der Waals surface area contributed by atoms with Crippen molar-refractivity contribution in [3.05, 3.63) is 48.3 Å². The molecule has 3 atom stereocenters. The van der Waals surface area contributed by atoms with Crippen molar-refractivity contribution in [2.45, 2.75) is 31.8 Å². The summed E-state index contributed by atoms with van der Waals surface area (Å²) < 4.78 is 7.04. The number of piperidine rings is 1. The van der Waals surface area contributed by atoms with Crippen LogP contribution in [0.3, 0.4) is 0 Å². The molecule has 1 aromatic carbocycles. The molecule has 150 valence electrons. The maximum Gasteiger partial charge on any atom is 0.241 e. The van der Waals surface area contributed by atoms with E-state index in [-0.39, 0.29) is 11.9 Å². The zero-order valence-electron chi connectivity index (χ0n) is 16.7. The molecule has 0 bridgehead atoms. The fourth-order valence-corrected chi connectivity index (χ4v) is 4.44. The van der Waals surface area contributed by atoms with E-state index < -0.39 is 0 Å². The molecule has 1 saturated heterocycles. The molecule has 2 aliphatic rings. The quantitative estimate of drug-likeness (QED) is 0.700. The molecule has 29 heavy (non-hydrogen) atoms. The lowest BCUT2D eigenvalue weighted by Crippen LogP contribution is -2.43. The lowest BCUT2D eigenvalue weighted by atomic mass is 10.1. The van der Waals surface area contributed by atoms with Gasteiger partial charge in [0.15, 0.2) is 5.82 Å². The fourth-order valence-electron chi connectivity index (χ4n) is 4.44. The number of carbonyl (C=O) groups is 1. The van der Waals surface area contributed by atoms with Crippen LogP contribution in [-0.2, 0) is 9.53 Å². The molecule has 1 aliphatic heterocycles. The molecule has 5 rings (SSSR count). The van der Waals surface area contributed by atoms with E-state index in [0.717, 1.165) is 35.3 Å². The van der Waals surface area contributed by atoms with Gasteiger partial charge in [0.25, 0.3) is 0 Å². The Labute approximate surface area is 169 Å². The molecule has 0 radical (unpaired) electrons. The van der Waals surface area contributed by atoms with Crippen molar-refractivity contribution >= 4 is 17.1 Å². The van der Waals surface area contributed by atoms with Crippen LogP contribution in [0.1, 0.15) is 18.4 Å². The van der Waals surface area contributed by atoms with Crippen molar-refractivity contribution in [2.24, 2.45) is 5.92 Å². The summed E-state index contributed by atoms with van der Waals surface area (Å²) in [5.41, 5.74) is 3.72. The Hall–Kier alpha value is -2.77. The van der Waals surface area contributed by atoms with Gasteiger partial charge in [-0.1, -0.05) is 6.07 Å². The zero-order chi connectivity index (χ0) is 20.0. The van der Waals surface area contributed by atoms with Gasteiger partial charge in [-0.2, -0.15) is 0 Å². The van der Waals surface area contributed by atoms with E-state index in [0.29, 0.717) is 24.4 Å². The summed E-state index contributed by atoms with van der Waals surface area (Å²) in [4.78, 5) is 19.8. The van der Waals surface area contributed by atoms with Gasteiger partial charge in [0.05, 0.1) is 24.4 Å². The summed E-state index contributed by atoms with van der Waals surface area (Å²) in [6.07, 6.45) is 5.86. The van der Waals surface area contributed by atoms with Crippen molar-refractivity contribution in [3.63, 3.8) is 0 Å². The number of hydrogen-bond acceptors (Lipinski definition) is 5. The number of methoxy groups -OCH3 is 1. The standard InChI is InChI=1S/C22H25N5O2/c1-14-5-6-16(12-18(14)21-23-13-17-4-3-7-27(17)25-21)24-22(28)20-11-15-10-19(15)26(20)8-9-29-2/h3-7,12-13,15,19-20H,8-11H2,1-2H3,(H,24,28). The van der Waals surface area contributed by atoms with Gasteiger partial charge in [0, 0.05) is 37.1 Å². The van der Waals surface area contributed by atoms with E-state index in [4.69, 9.17) is 4.74 Å². The van der Waals surface area contributed by atoms with E-state index in [1.807, 2.05) is 54.2 Å². The van der Waals surface area contributed by atoms with Gasteiger partial charge < -0.3 is 10.1 Å².